The normalized spacial score (nSPS) is 28.4. The highest BCUT2D eigenvalue weighted by Crippen LogP contribution is 2.23. The molecule has 4 amide bonds. The van der Waals surface area contributed by atoms with E-state index in [1.165, 1.54) is 0 Å². The van der Waals surface area contributed by atoms with Crippen molar-refractivity contribution < 1.29 is 19.5 Å². The molecule has 1 heterocycles. The minimum absolute atomic E-state index is 0.217. The number of nitrogens with zero attached hydrogens (tertiary/aromatic N) is 1. The van der Waals surface area contributed by atoms with Gasteiger partial charge in [0.1, 0.15) is 12.1 Å². The highest BCUT2D eigenvalue weighted by molar-refractivity contribution is 6.08. The largest absolute Gasteiger partial charge is 0.393 e. The van der Waals surface area contributed by atoms with E-state index >= 15 is 0 Å². The van der Waals surface area contributed by atoms with Crippen molar-refractivity contribution in [2.24, 2.45) is 5.92 Å². The summed E-state index contributed by atoms with van der Waals surface area (Å²) in [5, 5.41) is 14.7. The maximum absolute atomic E-state index is 11.9. The first kappa shape index (κ1) is 15.8. The number of carbonyl (C=O) groups excluding carboxylic acids is 3. The second-order valence-corrected chi connectivity index (χ2v) is 6.43. The van der Waals surface area contributed by atoms with Crippen molar-refractivity contribution in [1.82, 2.24) is 15.5 Å². The van der Waals surface area contributed by atoms with Crippen LogP contribution < -0.4 is 10.6 Å². The molecule has 118 valence electrons. The summed E-state index contributed by atoms with van der Waals surface area (Å²) in [6.45, 7) is 3.50. The molecule has 2 aliphatic rings. The Hall–Kier alpha value is -1.63. The number of amides is 4. The van der Waals surface area contributed by atoms with Gasteiger partial charge in [-0.1, -0.05) is 0 Å². The van der Waals surface area contributed by atoms with E-state index in [1.807, 2.05) is 0 Å². The molecule has 1 aliphatic carbocycles. The predicted octanol–water partition coefficient (Wildman–Crippen LogP) is -0.0159. The monoisotopic (exact) mass is 297 g/mol. The van der Waals surface area contributed by atoms with Crippen molar-refractivity contribution in [3.05, 3.63) is 0 Å². The number of aliphatic hydroxyl groups is 1. The summed E-state index contributed by atoms with van der Waals surface area (Å²) >= 11 is 0. The Bertz CT molecular complexity index is 442. The maximum Gasteiger partial charge on any atom is 0.325 e. The average molecular weight is 297 g/mol. The molecule has 3 N–H and O–H groups in total. The van der Waals surface area contributed by atoms with Gasteiger partial charge in [-0.3, -0.25) is 14.5 Å². The third-order valence-corrected chi connectivity index (χ3v) is 4.15. The predicted molar refractivity (Wildman–Crippen MR) is 75.3 cm³/mol. The molecule has 7 heteroatoms. The van der Waals surface area contributed by atoms with Crippen molar-refractivity contribution in [2.75, 3.05) is 13.1 Å². The maximum atomic E-state index is 11.9. The Kier molecular flexibility index (Phi) is 4.51. The quantitative estimate of drug-likeness (QED) is 0.635. The average Bonchev–Trinajstić information content (AvgIpc) is 2.60. The van der Waals surface area contributed by atoms with E-state index < -0.39 is 11.6 Å². The molecule has 2 fully saturated rings. The lowest BCUT2D eigenvalue weighted by molar-refractivity contribution is -0.134. The zero-order valence-corrected chi connectivity index (χ0v) is 12.5. The number of urea groups is 1. The number of rotatable bonds is 4. The lowest BCUT2D eigenvalue weighted by Crippen LogP contribution is -2.44. The van der Waals surface area contributed by atoms with Gasteiger partial charge in [0.25, 0.3) is 5.91 Å². The van der Waals surface area contributed by atoms with E-state index in [4.69, 9.17) is 0 Å². The van der Waals surface area contributed by atoms with Crippen molar-refractivity contribution in [2.45, 2.75) is 51.2 Å². The molecule has 7 nitrogen and oxygen atoms in total. The second-order valence-electron chi connectivity index (χ2n) is 6.43. The van der Waals surface area contributed by atoms with Crippen LogP contribution in [-0.2, 0) is 9.59 Å². The van der Waals surface area contributed by atoms with E-state index in [0.29, 0.717) is 12.5 Å². The van der Waals surface area contributed by atoms with E-state index in [0.717, 1.165) is 30.6 Å². The molecule has 0 aromatic heterocycles. The number of nitrogens with one attached hydrogen (secondary N) is 2. The minimum atomic E-state index is -0.948. The van der Waals surface area contributed by atoms with Crippen molar-refractivity contribution in [3.8, 4) is 0 Å². The van der Waals surface area contributed by atoms with Gasteiger partial charge in [0.05, 0.1) is 6.10 Å². The zero-order valence-electron chi connectivity index (χ0n) is 12.5. The number of hydrogen-bond donors (Lipinski definition) is 3. The molecule has 0 atom stereocenters. The molecule has 1 aliphatic heterocycles. The van der Waals surface area contributed by atoms with Crippen LogP contribution in [0.1, 0.15) is 39.5 Å². The number of aliphatic hydroxyl groups excluding tert-OH is 1. The first-order valence-corrected chi connectivity index (χ1v) is 7.38. The molecule has 0 aromatic rings. The van der Waals surface area contributed by atoms with E-state index in [1.54, 1.807) is 13.8 Å². The summed E-state index contributed by atoms with van der Waals surface area (Å²) in [4.78, 5) is 36.4. The van der Waals surface area contributed by atoms with Gasteiger partial charge in [-0.15, -0.1) is 0 Å². The first-order chi connectivity index (χ1) is 9.79. The van der Waals surface area contributed by atoms with Gasteiger partial charge in [0.15, 0.2) is 0 Å². The van der Waals surface area contributed by atoms with Crippen LogP contribution in [0.3, 0.4) is 0 Å². The molecular weight excluding hydrogens is 274 g/mol. The van der Waals surface area contributed by atoms with Crippen LogP contribution in [0.25, 0.3) is 0 Å². The van der Waals surface area contributed by atoms with Gasteiger partial charge in [-0.2, -0.15) is 0 Å². The summed E-state index contributed by atoms with van der Waals surface area (Å²) < 4.78 is 0. The smallest absolute Gasteiger partial charge is 0.325 e. The van der Waals surface area contributed by atoms with Gasteiger partial charge in [-0.25, -0.2) is 4.79 Å². The molecular formula is C14H23N3O4. The first-order valence-electron chi connectivity index (χ1n) is 7.38. The van der Waals surface area contributed by atoms with Crippen LogP contribution in [0.4, 0.5) is 4.79 Å². The lowest BCUT2D eigenvalue weighted by Gasteiger charge is -2.25. The highest BCUT2D eigenvalue weighted by atomic mass is 16.3. The standard InChI is InChI=1S/C14H23N3O4/c1-14(2)12(20)17(13(21)16-14)8-11(19)15-7-9-3-5-10(18)6-4-9/h9-10,18H,3-8H2,1-2H3,(H,15,19)(H,16,21). The highest BCUT2D eigenvalue weighted by Gasteiger charge is 2.44. The zero-order chi connectivity index (χ0) is 15.6. The fourth-order valence-corrected chi connectivity index (χ4v) is 2.77. The number of carbonyl (C=O) groups is 3. The van der Waals surface area contributed by atoms with Gasteiger partial charge in [0.2, 0.25) is 5.91 Å². The fraction of sp³-hybridized carbons (Fsp3) is 0.786. The molecule has 2 rings (SSSR count). The van der Waals surface area contributed by atoms with Crippen LogP contribution in [0.5, 0.6) is 0 Å². The van der Waals surface area contributed by atoms with Crippen LogP contribution in [-0.4, -0.2) is 52.6 Å². The van der Waals surface area contributed by atoms with Crippen molar-refractivity contribution in [1.29, 1.82) is 0 Å². The molecule has 0 bridgehead atoms. The third-order valence-electron chi connectivity index (χ3n) is 4.15. The summed E-state index contributed by atoms with van der Waals surface area (Å²) in [6.07, 6.45) is 3.09. The molecule has 1 saturated carbocycles. The molecule has 1 saturated heterocycles. The molecule has 0 aromatic carbocycles. The second kappa shape index (κ2) is 6.01. The van der Waals surface area contributed by atoms with Gasteiger partial charge < -0.3 is 15.7 Å². The summed E-state index contributed by atoms with van der Waals surface area (Å²) in [5.41, 5.74) is -0.948. The Labute approximate surface area is 124 Å². The Morgan fingerprint density at radius 3 is 2.48 bits per heavy atom. The van der Waals surface area contributed by atoms with Crippen molar-refractivity contribution in [3.63, 3.8) is 0 Å². The lowest BCUT2D eigenvalue weighted by atomic mass is 9.87. The molecule has 21 heavy (non-hydrogen) atoms. The van der Waals surface area contributed by atoms with E-state index in [-0.39, 0.29) is 24.5 Å². The topological polar surface area (TPSA) is 98.7 Å². The Balaban J connectivity index is 1.77. The summed E-state index contributed by atoms with van der Waals surface area (Å²) in [5.74, 6) is -0.359. The SMILES string of the molecule is CC1(C)NC(=O)N(CC(=O)NCC2CCC(O)CC2)C1=O. The minimum Gasteiger partial charge on any atom is -0.393 e. The number of hydrogen-bond acceptors (Lipinski definition) is 4. The number of imide groups is 1. The summed E-state index contributed by atoms with van der Waals surface area (Å²) in [6, 6.07) is -0.527. The van der Waals surface area contributed by atoms with Crippen LogP contribution >= 0.6 is 0 Å². The van der Waals surface area contributed by atoms with Crippen LogP contribution in [0, 0.1) is 5.92 Å². The Morgan fingerprint density at radius 2 is 1.95 bits per heavy atom. The van der Waals surface area contributed by atoms with Gasteiger partial charge in [-0.05, 0) is 45.4 Å². The van der Waals surface area contributed by atoms with E-state index in [9.17, 15) is 19.5 Å². The van der Waals surface area contributed by atoms with Gasteiger partial charge in [0, 0.05) is 6.54 Å². The van der Waals surface area contributed by atoms with Gasteiger partial charge >= 0.3 is 6.03 Å². The van der Waals surface area contributed by atoms with Crippen LogP contribution in [0.15, 0.2) is 0 Å². The summed E-state index contributed by atoms with van der Waals surface area (Å²) in [7, 11) is 0. The molecule has 0 radical (unpaired) electrons. The van der Waals surface area contributed by atoms with Crippen LogP contribution in [0.2, 0.25) is 0 Å². The molecule has 0 spiro atoms. The van der Waals surface area contributed by atoms with E-state index in [2.05, 4.69) is 10.6 Å². The molecule has 0 unspecified atom stereocenters. The Morgan fingerprint density at radius 1 is 1.33 bits per heavy atom. The third kappa shape index (κ3) is 3.72. The fourth-order valence-electron chi connectivity index (χ4n) is 2.77. The van der Waals surface area contributed by atoms with Crippen molar-refractivity contribution >= 4 is 17.8 Å².